The minimum Gasteiger partial charge on any atom is -0.747 e. The Morgan fingerprint density at radius 3 is 2.67 bits per heavy atom. The second-order valence-electron chi connectivity index (χ2n) is 1.51. The number of hydrogen-bond donors (Lipinski definition) is 1. The van der Waals surface area contributed by atoms with E-state index in [4.69, 9.17) is 0 Å². The van der Waals surface area contributed by atoms with Crippen LogP contribution in [0.3, 0.4) is 0 Å². The van der Waals surface area contributed by atoms with Crippen LogP contribution in [-0.2, 0) is 10.1 Å². The van der Waals surface area contributed by atoms with E-state index in [1.165, 1.54) is 0 Å². The van der Waals surface area contributed by atoms with Gasteiger partial charge in [-0.3, -0.25) is 0 Å². The number of aromatic nitrogens is 4. The minimum absolute atomic E-state index is 0. The monoisotopic (exact) mass is 218 g/mol. The number of nitrogens with one attached hydrogen (secondary N) is 1. The van der Waals surface area contributed by atoms with Gasteiger partial charge in [0.05, 0.1) is 5.08 Å². The fourth-order valence-corrected chi connectivity index (χ4v) is 1.54. The van der Waals surface area contributed by atoms with E-state index in [1.54, 1.807) is 0 Å². The van der Waals surface area contributed by atoms with Crippen molar-refractivity contribution in [2.45, 2.75) is 5.16 Å². The summed E-state index contributed by atoms with van der Waals surface area (Å²) in [6.07, 6.45) is 0. The maximum Gasteiger partial charge on any atom is 1.00 e. The number of aromatic amines is 1. The van der Waals surface area contributed by atoms with Crippen molar-refractivity contribution in [1.29, 1.82) is 0 Å². The average molecular weight is 218 g/mol. The smallest absolute Gasteiger partial charge is 0.747 e. The molecule has 0 unspecified atom stereocenters. The van der Waals surface area contributed by atoms with Gasteiger partial charge in [-0.25, -0.2) is 8.42 Å². The summed E-state index contributed by atoms with van der Waals surface area (Å²) in [6.45, 7) is 0. The third kappa shape index (κ3) is 5.06. The standard InChI is InChI=1S/C2H4N4O3S2.Na/c7-11(8,9)1-10-2-3-5-6-4-2;/h1H2,(H,7,8,9)(H,3,4,5,6);/q;+1/p-1. The number of tetrazole rings is 1. The molecule has 0 aromatic carbocycles. The molecule has 0 bridgehead atoms. The number of H-pyrrole nitrogens is 1. The Hall–Kier alpha value is 0.330. The molecule has 0 aliphatic carbocycles. The average Bonchev–Trinajstić information content (AvgIpc) is 2.32. The van der Waals surface area contributed by atoms with E-state index in [0.29, 0.717) is 0 Å². The summed E-state index contributed by atoms with van der Waals surface area (Å²) in [5, 5.41) is 11.7. The van der Waals surface area contributed by atoms with Gasteiger partial charge in [0.2, 0.25) is 5.16 Å². The van der Waals surface area contributed by atoms with Crippen LogP contribution < -0.4 is 29.6 Å². The van der Waals surface area contributed by atoms with Gasteiger partial charge in [-0.1, -0.05) is 11.8 Å². The van der Waals surface area contributed by atoms with Crippen molar-refractivity contribution in [1.82, 2.24) is 20.6 Å². The quantitative estimate of drug-likeness (QED) is 0.311. The first-order valence-corrected chi connectivity index (χ1v) is 4.94. The molecular weight excluding hydrogens is 215 g/mol. The van der Waals surface area contributed by atoms with Crippen molar-refractivity contribution >= 4 is 21.9 Å². The van der Waals surface area contributed by atoms with Gasteiger partial charge >= 0.3 is 29.6 Å². The number of rotatable bonds is 3. The summed E-state index contributed by atoms with van der Waals surface area (Å²) in [5.74, 6) is 0. The third-order valence-electron chi connectivity index (χ3n) is 0.658. The second kappa shape index (κ2) is 5.14. The molecular formula is C2H3N4NaO3S2. The van der Waals surface area contributed by atoms with Gasteiger partial charge < -0.3 is 4.55 Å². The van der Waals surface area contributed by atoms with Gasteiger partial charge in [0.25, 0.3) is 0 Å². The van der Waals surface area contributed by atoms with Crippen LogP contribution in [0.4, 0.5) is 0 Å². The summed E-state index contributed by atoms with van der Waals surface area (Å²) in [4.78, 5) is 0. The van der Waals surface area contributed by atoms with Crippen LogP contribution in [0.1, 0.15) is 0 Å². The van der Waals surface area contributed by atoms with Crippen molar-refractivity contribution in [3.63, 3.8) is 0 Å². The Morgan fingerprint density at radius 2 is 2.25 bits per heavy atom. The zero-order valence-corrected chi connectivity index (χ0v) is 9.72. The molecule has 0 radical (unpaired) electrons. The molecule has 0 aliphatic heterocycles. The van der Waals surface area contributed by atoms with Crippen molar-refractivity contribution in [2.24, 2.45) is 0 Å². The van der Waals surface area contributed by atoms with Crippen molar-refractivity contribution in [3.05, 3.63) is 0 Å². The molecule has 1 N–H and O–H groups in total. The van der Waals surface area contributed by atoms with Crippen LogP contribution in [0.5, 0.6) is 0 Å². The summed E-state index contributed by atoms with van der Waals surface area (Å²) in [7, 11) is -4.21. The van der Waals surface area contributed by atoms with Gasteiger partial charge in [-0.15, -0.1) is 10.2 Å². The normalized spacial score (nSPS) is 10.8. The first-order chi connectivity index (χ1) is 5.08. The Morgan fingerprint density at radius 1 is 1.58 bits per heavy atom. The van der Waals surface area contributed by atoms with E-state index >= 15 is 0 Å². The molecule has 10 heteroatoms. The number of nitrogens with zero attached hydrogens (tertiary/aromatic N) is 3. The Labute approximate surface area is 94.7 Å². The molecule has 1 heterocycles. The Bertz CT molecular complexity index is 309. The Balaban J connectivity index is 0.00000121. The molecule has 1 aromatic heterocycles. The number of thioether (sulfide) groups is 1. The molecule has 12 heavy (non-hydrogen) atoms. The molecule has 0 fully saturated rings. The topological polar surface area (TPSA) is 112 Å². The fraction of sp³-hybridized carbons (Fsp3) is 0.500. The van der Waals surface area contributed by atoms with Crippen LogP contribution in [0.2, 0.25) is 0 Å². The second-order valence-corrected chi connectivity index (χ2v) is 4.23. The van der Waals surface area contributed by atoms with Crippen LogP contribution >= 0.6 is 11.8 Å². The molecule has 0 atom stereocenters. The maximum absolute atomic E-state index is 10.1. The summed E-state index contributed by atoms with van der Waals surface area (Å²) in [6, 6.07) is 0. The van der Waals surface area contributed by atoms with E-state index in [-0.39, 0.29) is 34.7 Å². The summed E-state index contributed by atoms with van der Waals surface area (Å²) in [5.41, 5.74) is 0. The molecule has 0 saturated carbocycles. The van der Waals surface area contributed by atoms with Gasteiger partial charge in [0.15, 0.2) is 0 Å². The largest absolute Gasteiger partial charge is 1.00 e. The first kappa shape index (κ1) is 12.3. The van der Waals surface area contributed by atoms with Crippen LogP contribution in [0, 0.1) is 0 Å². The van der Waals surface area contributed by atoms with Crippen molar-refractivity contribution in [3.8, 4) is 0 Å². The van der Waals surface area contributed by atoms with E-state index in [2.05, 4.69) is 20.6 Å². The van der Waals surface area contributed by atoms with Crippen molar-refractivity contribution < 1.29 is 42.5 Å². The molecule has 1 rings (SSSR count). The molecule has 7 nitrogen and oxygen atoms in total. The molecule has 62 valence electrons. The van der Waals surface area contributed by atoms with E-state index in [9.17, 15) is 13.0 Å². The zero-order valence-electron chi connectivity index (χ0n) is 6.09. The molecule has 0 amide bonds. The van der Waals surface area contributed by atoms with Gasteiger partial charge in [0.1, 0.15) is 10.1 Å². The van der Waals surface area contributed by atoms with Crippen LogP contribution in [0.25, 0.3) is 0 Å². The SMILES string of the molecule is O=S(=O)([O-])CSc1nn[nH]n1.[Na+]. The summed E-state index contributed by atoms with van der Waals surface area (Å²) >= 11 is 0.718. The number of hydrogen-bond acceptors (Lipinski definition) is 7. The molecule has 0 spiro atoms. The van der Waals surface area contributed by atoms with E-state index < -0.39 is 15.2 Å². The van der Waals surface area contributed by atoms with Crippen LogP contribution in [-0.4, -0.2) is 38.7 Å². The van der Waals surface area contributed by atoms with Gasteiger partial charge in [-0.05, 0) is 5.21 Å². The molecule has 0 saturated heterocycles. The fourth-order valence-electron chi connectivity index (χ4n) is 0.339. The first-order valence-electron chi connectivity index (χ1n) is 2.38. The molecule has 1 aromatic rings. The maximum atomic E-state index is 10.1. The van der Waals surface area contributed by atoms with Crippen molar-refractivity contribution in [2.75, 3.05) is 5.08 Å². The minimum atomic E-state index is -4.21. The predicted molar refractivity (Wildman–Crippen MR) is 34.6 cm³/mol. The summed E-state index contributed by atoms with van der Waals surface area (Å²) < 4.78 is 30.2. The molecule has 0 aliphatic rings. The van der Waals surface area contributed by atoms with E-state index in [0.717, 1.165) is 11.8 Å². The zero-order chi connectivity index (χ0) is 8.32. The predicted octanol–water partition coefficient (Wildman–Crippen LogP) is -4.20. The Kier molecular flexibility index (Phi) is 5.29. The van der Waals surface area contributed by atoms with Crippen LogP contribution in [0.15, 0.2) is 5.16 Å². The van der Waals surface area contributed by atoms with Gasteiger partial charge in [0, 0.05) is 0 Å². The van der Waals surface area contributed by atoms with Gasteiger partial charge in [-0.2, -0.15) is 5.21 Å². The third-order valence-corrected chi connectivity index (χ3v) is 2.72. The van der Waals surface area contributed by atoms with E-state index in [1.807, 2.05) is 0 Å².